The smallest absolute Gasteiger partial charge is 0.0644 e. The standard InChI is InChI=1S/C11H20O2/c1-3-6-11(9-12)8-5-4-7-10(2)13/h4-5,8,10,12-13H,3,6-7,9H2,1-2H3/b5-4+,11-8+/t10-/m1/s1. The van der Waals surface area contributed by atoms with E-state index in [4.69, 9.17) is 10.2 Å². The highest BCUT2D eigenvalue weighted by Gasteiger charge is 1.91. The number of hydrogen-bond acceptors (Lipinski definition) is 2. The van der Waals surface area contributed by atoms with Crippen LogP contribution < -0.4 is 0 Å². The molecule has 0 heterocycles. The maximum atomic E-state index is 8.96. The lowest BCUT2D eigenvalue weighted by molar-refractivity contribution is 0.198. The minimum absolute atomic E-state index is 0.132. The van der Waals surface area contributed by atoms with E-state index in [1.807, 2.05) is 18.2 Å². The molecule has 2 N–H and O–H groups in total. The Morgan fingerprint density at radius 3 is 2.62 bits per heavy atom. The molecule has 0 aliphatic rings. The van der Waals surface area contributed by atoms with Crippen LogP contribution in [0, 0.1) is 0 Å². The maximum Gasteiger partial charge on any atom is 0.0644 e. The van der Waals surface area contributed by atoms with E-state index in [0.29, 0.717) is 6.42 Å². The molecule has 2 nitrogen and oxygen atoms in total. The van der Waals surface area contributed by atoms with Gasteiger partial charge in [-0.25, -0.2) is 0 Å². The van der Waals surface area contributed by atoms with E-state index in [-0.39, 0.29) is 12.7 Å². The highest BCUT2D eigenvalue weighted by atomic mass is 16.3. The predicted octanol–water partition coefficient (Wildman–Crippen LogP) is 2.03. The second-order valence-corrected chi connectivity index (χ2v) is 3.25. The minimum atomic E-state index is -0.284. The first-order valence-corrected chi connectivity index (χ1v) is 4.84. The molecule has 0 rings (SSSR count). The van der Waals surface area contributed by atoms with Gasteiger partial charge < -0.3 is 10.2 Å². The molecule has 0 radical (unpaired) electrons. The zero-order valence-corrected chi connectivity index (χ0v) is 8.53. The molecule has 0 fully saturated rings. The third kappa shape index (κ3) is 7.75. The molecule has 1 atom stereocenters. The second-order valence-electron chi connectivity index (χ2n) is 3.25. The molecule has 0 aromatic carbocycles. The van der Waals surface area contributed by atoms with Crippen molar-refractivity contribution in [2.45, 2.75) is 39.2 Å². The fourth-order valence-corrected chi connectivity index (χ4v) is 1.02. The molecule has 0 aliphatic heterocycles. The molecule has 0 saturated heterocycles. The van der Waals surface area contributed by atoms with E-state index in [0.717, 1.165) is 18.4 Å². The zero-order valence-electron chi connectivity index (χ0n) is 8.53. The van der Waals surface area contributed by atoms with Gasteiger partial charge in [0, 0.05) is 0 Å². The molecular formula is C11H20O2. The molecule has 2 heteroatoms. The van der Waals surface area contributed by atoms with E-state index in [9.17, 15) is 0 Å². The van der Waals surface area contributed by atoms with E-state index >= 15 is 0 Å². The quantitative estimate of drug-likeness (QED) is 0.620. The third-order valence-corrected chi connectivity index (χ3v) is 1.72. The van der Waals surface area contributed by atoms with Crippen molar-refractivity contribution >= 4 is 0 Å². The summed E-state index contributed by atoms with van der Waals surface area (Å²) in [5.74, 6) is 0. The minimum Gasteiger partial charge on any atom is -0.393 e. The largest absolute Gasteiger partial charge is 0.393 e. The van der Waals surface area contributed by atoms with Gasteiger partial charge >= 0.3 is 0 Å². The molecule has 0 unspecified atom stereocenters. The molecule has 76 valence electrons. The predicted molar refractivity (Wildman–Crippen MR) is 55.5 cm³/mol. The number of hydrogen-bond donors (Lipinski definition) is 2. The lowest BCUT2D eigenvalue weighted by atomic mass is 10.1. The van der Waals surface area contributed by atoms with Gasteiger partial charge in [-0.1, -0.05) is 31.6 Å². The molecule has 0 aromatic heterocycles. The summed E-state index contributed by atoms with van der Waals surface area (Å²) < 4.78 is 0. The monoisotopic (exact) mass is 184 g/mol. The molecule has 0 saturated carbocycles. The fraction of sp³-hybridized carbons (Fsp3) is 0.636. The van der Waals surface area contributed by atoms with Gasteiger partial charge in [-0.3, -0.25) is 0 Å². The van der Waals surface area contributed by atoms with Crippen molar-refractivity contribution in [1.29, 1.82) is 0 Å². The highest BCUT2D eigenvalue weighted by Crippen LogP contribution is 2.03. The Morgan fingerprint density at radius 2 is 2.15 bits per heavy atom. The summed E-state index contributed by atoms with van der Waals surface area (Å²) >= 11 is 0. The first-order chi connectivity index (χ1) is 6.20. The lowest BCUT2D eigenvalue weighted by Crippen LogP contribution is -1.95. The molecule has 0 amide bonds. The van der Waals surface area contributed by atoms with Crippen molar-refractivity contribution in [3.05, 3.63) is 23.8 Å². The van der Waals surface area contributed by atoms with Gasteiger partial charge in [-0.15, -0.1) is 0 Å². The summed E-state index contributed by atoms with van der Waals surface area (Å²) in [5.41, 5.74) is 1.05. The topological polar surface area (TPSA) is 40.5 Å². The van der Waals surface area contributed by atoms with Crippen LogP contribution in [0.15, 0.2) is 23.8 Å². The van der Waals surface area contributed by atoms with Crippen molar-refractivity contribution in [3.63, 3.8) is 0 Å². The van der Waals surface area contributed by atoms with Crippen molar-refractivity contribution < 1.29 is 10.2 Å². The number of allylic oxidation sites excluding steroid dienone is 2. The van der Waals surface area contributed by atoms with Gasteiger partial charge in [-0.2, -0.15) is 0 Å². The van der Waals surface area contributed by atoms with Crippen molar-refractivity contribution in [2.24, 2.45) is 0 Å². The van der Waals surface area contributed by atoms with Gasteiger partial charge in [-0.05, 0) is 25.3 Å². The van der Waals surface area contributed by atoms with Crippen LogP contribution in [0.3, 0.4) is 0 Å². The lowest BCUT2D eigenvalue weighted by Gasteiger charge is -1.99. The van der Waals surface area contributed by atoms with Crippen molar-refractivity contribution in [1.82, 2.24) is 0 Å². The van der Waals surface area contributed by atoms with Crippen LogP contribution in [0.2, 0.25) is 0 Å². The van der Waals surface area contributed by atoms with Crippen LogP contribution in [-0.2, 0) is 0 Å². The summed E-state index contributed by atoms with van der Waals surface area (Å²) in [6, 6.07) is 0. The molecule has 0 aromatic rings. The second kappa shape index (κ2) is 8.02. The third-order valence-electron chi connectivity index (χ3n) is 1.72. The van der Waals surface area contributed by atoms with Crippen LogP contribution in [0.4, 0.5) is 0 Å². The zero-order chi connectivity index (χ0) is 10.1. The van der Waals surface area contributed by atoms with Crippen LogP contribution in [0.1, 0.15) is 33.1 Å². The van der Waals surface area contributed by atoms with E-state index in [1.54, 1.807) is 6.92 Å². The van der Waals surface area contributed by atoms with Gasteiger partial charge in [0.25, 0.3) is 0 Å². The van der Waals surface area contributed by atoms with E-state index < -0.39 is 0 Å². The van der Waals surface area contributed by atoms with Crippen LogP contribution in [-0.4, -0.2) is 22.9 Å². The first kappa shape index (κ1) is 12.4. The maximum absolute atomic E-state index is 8.96. The van der Waals surface area contributed by atoms with Crippen molar-refractivity contribution in [3.8, 4) is 0 Å². The average Bonchev–Trinajstić information content (AvgIpc) is 2.10. The number of rotatable bonds is 6. The average molecular weight is 184 g/mol. The van der Waals surface area contributed by atoms with Gasteiger partial charge in [0.15, 0.2) is 0 Å². The summed E-state index contributed by atoms with van der Waals surface area (Å²) in [6.07, 6.45) is 8.11. The van der Waals surface area contributed by atoms with Crippen LogP contribution in [0.25, 0.3) is 0 Å². The summed E-state index contributed by atoms with van der Waals surface area (Å²) in [6.45, 7) is 3.98. The summed E-state index contributed by atoms with van der Waals surface area (Å²) in [4.78, 5) is 0. The SMILES string of the molecule is CCC/C(=C\C=C\C[C@@H](C)O)CO. The van der Waals surface area contributed by atoms with Crippen LogP contribution in [0.5, 0.6) is 0 Å². The highest BCUT2D eigenvalue weighted by molar-refractivity contribution is 5.12. The van der Waals surface area contributed by atoms with Gasteiger partial charge in [0.05, 0.1) is 12.7 Å². The van der Waals surface area contributed by atoms with E-state index in [2.05, 4.69) is 6.92 Å². The normalized spacial score (nSPS) is 15.2. The first-order valence-electron chi connectivity index (χ1n) is 4.84. The summed E-state index contributed by atoms with van der Waals surface area (Å²) in [7, 11) is 0. The Morgan fingerprint density at radius 1 is 1.46 bits per heavy atom. The number of aliphatic hydroxyl groups is 2. The molecular weight excluding hydrogens is 164 g/mol. The Balaban J connectivity index is 3.83. The fourth-order valence-electron chi connectivity index (χ4n) is 1.02. The molecule has 13 heavy (non-hydrogen) atoms. The summed E-state index contributed by atoms with van der Waals surface area (Å²) in [5, 5.41) is 17.9. The molecule has 0 aliphatic carbocycles. The number of aliphatic hydroxyl groups excluding tert-OH is 2. The Kier molecular flexibility index (Phi) is 7.65. The van der Waals surface area contributed by atoms with Crippen LogP contribution >= 0.6 is 0 Å². The Hall–Kier alpha value is -0.600. The Labute approximate surface area is 80.6 Å². The Bertz CT molecular complexity index is 169. The molecule has 0 bridgehead atoms. The molecule has 0 spiro atoms. The van der Waals surface area contributed by atoms with Crippen molar-refractivity contribution in [2.75, 3.05) is 6.61 Å². The van der Waals surface area contributed by atoms with Gasteiger partial charge in [0.2, 0.25) is 0 Å². The van der Waals surface area contributed by atoms with E-state index in [1.165, 1.54) is 0 Å². The van der Waals surface area contributed by atoms with Gasteiger partial charge in [0.1, 0.15) is 0 Å².